The Bertz CT molecular complexity index is 595. The molecule has 1 N–H and O–H groups in total. The number of sulfonamides is 1. The van der Waals surface area contributed by atoms with Gasteiger partial charge < -0.3 is 5.32 Å². The van der Waals surface area contributed by atoms with Gasteiger partial charge in [-0.05, 0) is 49.3 Å². The molecule has 2 fully saturated rings. The van der Waals surface area contributed by atoms with Crippen LogP contribution in [0.4, 0.5) is 0 Å². The molecule has 2 saturated heterocycles. The van der Waals surface area contributed by atoms with Crippen LogP contribution in [-0.4, -0.2) is 45.2 Å². The molecule has 1 aromatic carbocycles. The zero-order valence-electron chi connectivity index (χ0n) is 11.6. The van der Waals surface area contributed by atoms with E-state index in [1.54, 1.807) is 28.2 Å². The van der Waals surface area contributed by atoms with Crippen molar-refractivity contribution in [1.82, 2.24) is 9.62 Å². The van der Waals surface area contributed by atoms with Gasteiger partial charge in [0.15, 0.2) is 0 Å². The minimum absolute atomic E-state index is 0.171. The van der Waals surface area contributed by atoms with Crippen LogP contribution in [0.1, 0.15) is 12.8 Å². The first kappa shape index (κ1) is 14.4. The van der Waals surface area contributed by atoms with Gasteiger partial charge in [0.25, 0.3) is 0 Å². The van der Waals surface area contributed by atoms with E-state index in [0.717, 1.165) is 30.8 Å². The number of rotatable bonds is 3. The summed E-state index contributed by atoms with van der Waals surface area (Å²) in [4.78, 5) is 1.41. The van der Waals surface area contributed by atoms with Crippen molar-refractivity contribution >= 4 is 21.8 Å². The zero-order valence-corrected chi connectivity index (χ0v) is 13.3. The van der Waals surface area contributed by atoms with E-state index in [-0.39, 0.29) is 5.41 Å². The highest BCUT2D eigenvalue weighted by Gasteiger charge is 2.44. The number of benzene rings is 1. The van der Waals surface area contributed by atoms with Crippen molar-refractivity contribution < 1.29 is 8.42 Å². The van der Waals surface area contributed by atoms with Crippen molar-refractivity contribution in [3.05, 3.63) is 24.3 Å². The molecule has 0 bridgehead atoms. The van der Waals surface area contributed by atoms with E-state index in [9.17, 15) is 8.42 Å². The van der Waals surface area contributed by atoms with Gasteiger partial charge in [-0.15, -0.1) is 11.8 Å². The minimum atomic E-state index is -3.34. The third-order valence-electron chi connectivity index (χ3n) is 4.41. The van der Waals surface area contributed by atoms with E-state index in [1.165, 1.54) is 0 Å². The van der Waals surface area contributed by atoms with Gasteiger partial charge in [0.1, 0.15) is 0 Å². The number of nitrogens with zero attached hydrogens (tertiary/aromatic N) is 1. The molecule has 20 heavy (non-hydrogen) atoms. The second kappa shape index (κ2) is 5.33. The largest absolute Gasteiger partial charge is 0.316 e. The van der Waals surface area contributed by atoms with Gasteiger partial charge in [-0.1, -0.05) is 6.07 Å². The van der Waals surface area contributed by atoms with Gasteiger partial charge in [0.05, 0.1) is 4.90 Å². The summed E-state index contributed by atoms with van der Waals surface area (Å²) in [6.07, 6.45) is 4.02. The van der Waals surface area contributed by atoms with Crippen molar-refractivity contribution in [3.63, 3.8) is 0 Å². The summed E-state index contributed by atoms with van der Waals surface area (Å²) in [6, 6.07) is 7.24. The lowest BCUT2D eigenvalue weighted by Crippen LogP contribution is -2.33. The monoisotopic (exact) mass is 312 g/mol. The Morgan fingerprint density at radius 1 is 1.35 bits per heavy atom. The maximum atomic E-state index is 12.7. The molecule has 110 valence electrons. The lowest BCUT2D eigenvalue weighted by Gasteiger charge is -2.22. The van der Waals surface area contributed by atoms with Crippen LogP contribution in [0.15, 0.2) is 34.1 Å². The molecule has 6 heteroatoms. The SMILES string of the molecule is CSc1cccc(S(=O)(=O)N2CCC3(CCNC3)C2)c1. The number of hydrogen-bond acceptors (Lipinski definition) is 4. The van der Waals surface area contributed by atoms with Crippen LogP contribution in [-0.2, 0) is 10.0 Å². The standard InChI is InChI=1S/C14H20N2O2S2/c1-19-12-3-2-4-13(9-12)20(17,18)16-8-6-14(11-16)5-7-15-10-14/h2-4,9,15H,5-8,10-11H2,1H3. The van der Waals surface area contributed by atoms with E-state index < -0.39 is 10.0 Å². The van der Waals surface area contributed by atoms with Crippen molar-refractivity contribution in [3.8, 4) is 0 Å². The summed E-state index contributed by atoms with van der Waals surface area (Å²) in [6.45, 7) is 3.26. The summed E-state index contributed by atoms with van der Waals surface area (Å²) in [5.41, 5.74) is 0.171. The lowest BCUT2D eigenvalue weighted by atomic mass is 9.87. The van der Waals surface area contributed by atoms with E-state index in [2.05, 4.69) is 5.32 Å². The highest BCUT2D eigenvalue weighted by atomic mass is 32.2. The molecule has 2 aliphatic rings. The molecular formula is C14H20N2O2S2. The zero-order chi connectivity index (χ0) is 14.2. The molecule has 0 aromatic heterocycles. The Kier molecular flexibility index (Phi) is 3.83. The summed E-state index contributed by atoms with van der Waals surface area (Å²) in [5, 5.41) is 3.36. The van der Waals surface area contributed by atoms with Crippen LogP contribution in [0, 0.1) is 5.41 Å². The molecule has 0 amide bonds. The highest BCUT2D eigenvalue weighted by molar-refractivity contribution is 7.98. The topological polar surface area (TPSA) is 49.4 Å². The maximum Gasteiger partial charge on any atom is 0.243 e. The Labute approximate surface area is 125 Å². The third kappa shape index (κ3) is 2.50. The molecule has 1 atom stereocenters. The second-order valence-electron chi connectivity index (χ2n) is 5.69. The second-order valence-corrected chi connectivity index (χ2v) is 8.51. The summed E-state index contributed by atoms with van der Waals surface area (Å²) < 4.78 is 27.1. The fourth-order valence-corrected chi connectivity index (χ4v) is 5.29. The van der Waals surface area contributed by atoms with Gasteiger partial charge in [0.2, 0.25) is 10.0 Å². The molecule has 0 radical (unpaired) electrons. The molecule has 0 aliphatic carbocycles. The van der Waals surface area contributed by atoms with Gasteiger partial charge in [-0.25, -0.2) is 8.42 Å². The molecule has 0 saturated carbocycles. The third-order valence-corrected chi connectivity index (χ3v) is 6.98. The fourth-order valence-electron chi connectivity index (χ4n) is 3.15. The minimum Gasteiger partial charge on any atom is -0.316 e. The highest BCUT2D eigenvalue weighted by Crippen LogP contribution is 2.38. The molecule has 3 rings (SSSR count). The van der Waals surface area contributed by atoms with Gasteiger partial charge in [-0.3, -0.25) is 0 Å². The van der Waals surface area contributed by atoms with Crippen LogP contribution in [0.25, 0.3) is 0 Å². The Morgan fingerprint density at radius 2 is 2.20 bits per heavy atom. The van der Waals surface area contributed by atoms with Crippen LogP contribution < -0.4 is 5.32 Å². The van der Waals surface area contributed by atoms with E-state index in [1.807, 2.05) is 18.4 Å². The molecule has 1 aromatic rings. The van der Waals surface area contributed by atoms with Gasteiger partial charge in [-0.2, -0.15) is 4.31 Å². The average molecular weight is 312 g/mol. The summed E-state index contributed by atoms with van der Waals surface area (Å²) in [7, 11) is -3.34. The average Bonchev–Trinajstić information content (AvgIpc) is 3.10. The Balaban J connectivity index is 1.85. The van der Waals surface area contributed by atoms with Crippen LogP contribution in [0.5, 0.6) is 0 Å². The first-order chi connectivity index (χ1) is 9.56. The van der Waals surface area contributed by atoms with Crippen molar-refractivity contribution in [1.29, 1.82) is 0 Å². The predicted molar refractivity (Wildman–Crippen MR) is 81.5 cm³/mol. The summed E-state index contributed by atoms with van der Waals surface area (Å²) in [5.74, 6) is 0. The van der Waals surface area contributed by atoms with Crippen molar-refractivity contribution in [2.75, 3.05) is 32.4 Å². The molecular weight excluding hydrogens is 292 g/mol. The van der Waals surface area contributed by atoms with Crippen molar-refractivity contribution in [2.24, 2.45) is 5.41 Å². The smallest absolute Gasteiger partial charge is 0.243 e. The fraction of sp³-hybridized carbons (Fsp3) is 0.571. The van der Waals surface area contributed by atoms with Gasteiger partial charge >= 0.3 is 0 Å². The number of hydrogen-bond donors (Lipinski definition) is 1. The first-order valence-corrected chi connectivity index (χ1v) is 9.57. The van der Waals surface area contributed by atoms with Crippen LogP contribution in [0.3, 0.4) is 0 Å². The van der Waals surface area contributed by atoms with Gasteiger partial charge in [0, 0.05) is 24.5 Å². The lowest BCUT2D eigenvalue weighted by molar-refractivity contribution is 0.338. The van der Waals surface area contributed by atoms with Crippen molar-refractivity contribution in [2.45, 2.75) is 22.6 Å². The Morgan fingerprint density at radius 3 is 2.90 bits per heavy atom. The molecule has 4 nitrogen and oxygen atoms in total. The van der Waals surface area contributed by atoms with E-state index in [0.29, 0.717) is 18.0 Å². The maximum absolute atomic E-state index is 12.7. The first-order valence-electron chi connectivity index (χ1n) is 6.91. The number of nitrogens with one attached hydrogen (secondary N) is 1. The molecule has 2 aliphatic heterocycles. The number of thioether (sulfide) groups is 1. The normalized spacial score (nSPS) is 27.4. The predicted octanol–water partition coefficient (Wildman–Crippen LogP) is 1.78. The molecule has 2 heterocycles. The quantitative estimate of drug-likeness (QED) is 0.865. The molecule has 1 unspecified atom stereocenters. The van der Waals surface area contributed by atoms with E-state index >= 15 is 0 Å². The van der Waals surface area contributed by atoms with Crippen LogP contribution in [0.2, 0.25) is 0 Å². The van der Waals surface area contributed by atoms with Crippen LogP contribution >= 0.6 is 11.8 Å². The molecule has 1 spiro atoms. The Hall–Kier alpha value is -0.560. The van der Waals surface area contributed by atoms with E-state index in [4.69, 9.17) is 0 Å². The summed E-state index contributed by atoms with van der Waals surface area (Å²) >= 11 is 1.57.